The van der Waals surface area contributed by atoms with Crippen LogP contribution in [0.2, 0.25) is 4.34 Å². The molecule has 0 aliphatic rings. The first-order chi connectivity index (χ1) is 10.2. The Balaban J connectivity index is 1.86. The minimum absolute atomic E-state index is 0.192. The van der Waals surface area contributed by atoms with Crippen LogP contribution in [0.15, 0.2) is 60.0 Å². The third-order valence-corrected chi connectivity index (χ3v) is 5.66. The van der Waals surface area contributed by atoms with Crippen LogP contribution in [0, 0.1) is 0 Å². The molecule has 108 valence electrons. The van der Waals surface area contributed by atoms with Crippen molar-refractivity contribution < 1.29 is 0 Å². The number of hydrogen-bond acceptors (Lipinski definition) is 3. The first-order valence-corrected chi connectivity index (χ1v) is 8.91. The van der Waals surface area contributed by atoms with Gasteiger partial charge in [-0.05, 0) is 36.1 Å². The Kier molecular flexibility index (Phi) is 4.76. The molecule has 1 nitrogen and oxygen atoms in total. The van der Waals surface area contributed by atoms with E-state index in [4.69, 9.17) is 11.6 Å². The molecular formula is C17H16ClNS2. The van der Waals surface area contributed by atoms with Crippen molar-refractivity contribution in [2.75, 3.05) is 0 Å². The van der Waals surface area contributed by atoms with Crippen LogP contribution >= 0.6 is 34.3 Å². The van der Waals surface area contributed by atoms with Crippen LogP contribution in [0.4, 0.5) is 0 Å². The molecule has 21 heavy (non-hydrogen) atoms. The number of halogens is 1. The number of thiophene rings is 2. The van der Waals surface area contributed by atoms with Gasteiger partial charge in [0.25, 0.3) is 0 Å². The monoisotopic (exact) mass is 333 g/mol. The summed E-state index contributed by atoms with van der Waals surface area (Å²) in [7, 11) is 0. The first-order valence-electron chi connectivity index (χ1n) is 6.83. The molecule has 0 radical (unpaired) electrons. The van der Waals surface area contributed by atoms with Gasteiger partial charge in [0.05, 0.1) is 10.4 Å². The van der Waals surface area contributed by atoms with Crippen LogP contribution < -0.4 is 5.32 Å². The average Bonchev–Trinajstić information content (AvgIpc) is 3.17. The molecule has 0 saturated heterocycles. The van der Waals surface area contributed by atoms with Gasteiger partial charge in [-0.25, -0.2) is 0 Å². The number of hydrogen-bond donors (Lipinski definition) is 1. The molecule has 0 spiro atoms. The van der Waals surface area contributed by atoms with Gasteiger partial charge < -0.3 is 0 Å². The van der Waals surface area contributed by atoms with Gasteiger partial charge in [-0.15, -0.1) is 22.7 Å². The van der Waals surface area contributed by atoms with E-state index in [1.807, 2.05) is 12.1 Å². The third kappa shape index (κ3) is 3.55. The molecule has 0 fully saturated rings. The van der Waals surface area contributed by atoms with Crippen molar-refractivity contribution in [3.63, 3.8) is 0 Å². The Hall–Kier alpha value is -1.13. The number of rotatable bonds is 5. The highest BCUT2D eigenvalue weighted by Gasteiger charge is 2.19. The van der Waals surface area contributed by atoms with E-state index in [1.54, 1.807) is 22.7 Å². The second-order valence-corrected chi connectivity index (χ2v) is 7.62. The van der Waals surface area contributed by atoms with Crippen LogP contribution in [0.5, 0.6) is 0 Å². The molecule has 0 amide bonds. The van der Waals surface area contributed by atoms with E-state index in [0.29, 0.717) is 0 Å². The summed E-state index contributed by atoms with van der Waals surface area (Å²) in [6, 6.07) is 19.3. The minimum atomic E-state index is 0.192. The summed E-state index contributed by atoms with van der Waals surface area (Å²) in [5, 5.41) is 5.84. The molecule has 3 rings (SSSR count). The van der Waals surface area contributed by atoms with Gasteiger partial charge >= 0.3 is 0 Å². The predicted octanol–water partition coefficient (Wildman–Crippen LogP) is 5.90. The Morgan fingerprint density at radius 3 is 2.38 bits per heavy atom. The van der Waals surface area contributed by atoms with Crippen LogP contribution in [-0.4, -0.2) is 0 Å². The van der Waals surface area contributed by atoms with E-state index in [1.165, 1.54) is 15.3 Å². The zero-order chi connectivity index (χ0) is 14.7. The van der Waals surface area contributed by atoms with Gasteiger partial charge in [-0.2, -0.15) is 0 Å². The van der Waals surface area contributed by atoms with Crippen molar-refractivity contribution in [1.82, 2.24) is 5.32 Å². The molecule has 4 heteroatoms. The quantitative estimate of drug-likeness (QED) is 0.612. The Morgan fingerprint density at radius 2 is 1.76 bits per heavy atom. The first kappa shape index (κ1) is 14.8. The molecule has 2 atom stereocenters. The summed E-state index contributed by atoms with van der Waals surface area (Å²) >= 11 is 9.53. The molecule has 0 bridgehead atoms. The minimum Gasteiger partial charge on any atom is -0.298 e. The lowest BCUT2D eigenvalue weighted by atomic mass is 10.1. The molecule has 2 heterocycles. The predicted molar refractivity (Wildman–Crippen MR) is 93.5 cm³/mol. The molecule has 1 aromatic carbocycles. The van der Waals surface area contributed by atoms with E-state index in [9.17, 15) is 0 Å². The molecule has 0 aliphatic heterocycles. The SMILES string of the molecule is C[C@H](NC(c1cccs1)c1ccc(Cl)s1)c1ccccc1. The molecule has 2 aromatic heterocycles. The van der Waals surface area contributed by atoms with Crippen molar-refractivity contribution in [2.45, 2.75) is 19.0 Å². The molecule has 3 aromatic rings. The molecule has 0 aliphatic carbocycles. The molecule has 0 saturated carbocycles. The lowest BCUT2D eigenvalue weighted by Gasteiger charge is -2.22. The topological polar surface area (TPSA) is 12.0 Å². The summed E-state index contributed by atoms with van der Waals surface area (Å²) in [6.45, 7) is 2.20. The van der Waals surface area contributed by atoms with Crippen LogP contribution in [0.25, 0.3) is 0 Å². The second-order valence-electron chi connectivity index (χ2n) is 4.89. The van der Waals surface area contributed by atoms with Gasteiger partial charge in [0.2, 0.25) is 0 Å². The summed E-state index contributed by atoms with van der Waals surface area (Å²) in [4.78, 5) is 2.57. The zero-order valence-electron chi connectivity index (χ0n) is 11.6. The van der Waals surface area contributed by atoms with Crippen molar-refractivity contribution in [1.29, 1.82) is 0 Å². The zero-order valence-corrected chi connectivity index (χ0v) is 14.0. The molecular weight excluding hydrogens is 318 g/mol. The highest BCUT2D eigenvalue weighted by atomic mass is 35.5. The fourth-order valence-electron chi connectivity index (χ4n) is 2.33. The number of benzene rings is 1. The van der Waals surface area contributed by atoms with Crippen molar-refractivity contribution in [2.24, 2.45) is 0 Å². The van der Waals surface area contributed by atoms with E-state index in [-0.39, 0.29) is 12.1 Å². The van der Waals surface area contributed by atoms with E-state index >= 15 is 0 Å². The number of nitrogens with one attached hydrogen (secondary N) is 1. The summed E-state index contributed by atoms with van der Waals surface area (Å²) in [6.07, 6.45) is 0. The van der Waals surface area contributed by atoms with Gasteiger partial charge in [0.1, 0.15) is 0 Å². The third-order valence-electron chi connectivity index (χ3n) is 3.42. The smallest absolute Gasteiger partial charge is 0.0931 e. The lowest BCUT2D eigenvalue weighted by molar-refractivity contribution is 0.526. The molecule has 1 N–H and O–H groups in total. The van der Waals surface area contributed by atoms with E-state index < -0.39 is 0 Å². The summed E-state index contributed by atoms with van der Waals surface area (Å²) in [5.74, 6) is 0. The van der Waals surface area contributed by atoms with Gasteiger partial charge in [0.15, 0.2) is 0 Å². The lowest BCUT2D eigenvalue weighted by Crippen LogP contribution is -2.24. The van der Waals surface area contributed by atoms with E-state index in [2.05, 4.69) is 60.1 Å². The van der Waals surface area contributed by atoms with Crippen LogP contribution in [0.1, 0.15) is 34.3 Å². The Bertz CT molecular complexity index is 676. The van der Waals surface area contributed by atoms with Gasteiger partial charge in [-0.1, -0.05) is 48.0 Å². The highest BCUT2D eigenvalue weighted by Crippen LogP contribution is 2.34. The fourth-order valence-corrected chi connectivity index (χ4v) is 4.35. The second kappa shape index (κ2) is 6.75. The van der Waals surface area contributed by atoms with Crippen LogP contribution in [-0.2, 0) is 0 Å². The maximum Gasteiger partial charge on any atom is 0.0931 e. The van der Waals surface area contributed by atoms with Gasteiger partial charge in [0, 0.05) is 15.8 Å². The fraction of sp³-hybridized carbons (Fsp3) is 0.176. The normalized spacial score (nSPS) is 14.0. The maximum absolute atomic E-state index is 6.11. The van der Waals surface area contributed by atoms with Crippen molar-refractivity contribution >= 4 is 34.3 Å². The highest BCUT2D eigenvalue weighted by molar-refractivity contribution is 7.16. The van der Waals surface area contributed by atoms with Gasteiger partial charge in [-0.3, -0.25) is 5.32 Å². The average molecular weight is 334 g/mol. The largest absolute Gasteiger partial charge is 0.298 e. The van der Waals surface area contributed by atoms with Crippen molar-refractivity contribution in [3.8, 4) is 0 Å². The maximum atomic E-state index is 6.11. The standard InChI is InChI=1S/C17H16ClNS2/c1-12(13-6-3-2-4-7-13)19-17(14-8-5-11-20-14)15-9-10-16(18)21-15/h2-12,17,19H,1H3/t12-,17?/m0/s1. The summed E-state index contributed by atoms with van der Waals surface area (Å²) < 4.78 is 0.834. The van der Waals surface area contributed by atoms with Crippen LogP contribution in [0.3, 0.4) is 0 Å². The Labute approximate surface area is 138 Å². The summed E-state index contributed by atoms with van der Waals surface area (Å²) in [5.41, 5.74) is 1.29. The van der Waals surface area contributed by atoms with E-state index in [0.717, 1.165) is 4.34 Å². The molecule has 1 unspecified atom stereocenters. The van der Waals surface area contributed by atoms with Crippen molar-refractivity contribution in [3.05, 3.63) is 79.6 Å². The Morgan fingerprint density at radius 1 is 0.952 bits per heavy atom.